The van der Waals surface area contributed by atoms with Crippen LogP contribution in [0.5, 0.6) is 0 Å². The summed E-state index contributed by atoms with van der Waals surface area (Å²) in [5.41, 5.74) is 1.09. The summed E-state index contributed by atoms with van der Waals surface area (Å²) < 4.78 is 11.0. The molecule has 0 aliphatic rings. The second-order valence-corrected chi connectivity index (χ2v) is 1.04. The maximum atomic E-state index is 11.0. The number of nitrogens with one attached hydrogen (secondary N) is 1. The van der Waals surface area contributed by atoms with Gasteiger partial charge in [0.2, 0.25) is 0 Å². The van der Waals surface area contributed by atoms with Gasteiger partial charge in [0.05, 0.1) is 0 Å². The van der Waals surface area contributed by atoms with Crippen LogP contribution in [0, 0.1) is 0 Å². The van der Waals surface area contributed by atoms with E-state index in [1.54, 1.807) is 0 Å². The van der Waals surface area contributed by atoms with Gasteiger partial charge in [-0.25, -0.2) is 0 Å². The normalized spacial score (nSPS) is 12.6. The van der Waals surface area contributed by atoms with Crippen molar-refractivity contribution >= 4 is 5.84 Å². The quantitative estimate of drug-likeness (QED) is 0.179. The molecule has 0 aromatic rings. The van der Waals surface area contributed by atoms with E-state index in [0.29, 0.717) is 0 Å². The largest absolute Gasteiger partial charge is 0.191 e. The number of azo groups is 1. The van der Waals surface area contributed by atoms with Gasteiger partial charge in [0.25, 0.3) is 0 Å². The van der Waals surface area contributed by atoms with Crippen molar-refractivity contribution in [3.05, 3.63) is 0 Å². The molecule has 0 fully saturated rings. The van der Waals surface area contributed by atoms with Gasteiger partial charge in [0.15, 0.2) is 5.84 Å². The maximum Gasteiger partial charge on any atom is 0.169 e. The fourth-order valence-corrected chi connectivity index (χ4v) is 0.228. The standard InChI is InChI=1S/C3H7FN4/c1-3(6-5-2)7-8-4/h8H,1-2H3. The van der Waals surface area contributed by atoms with Crippen molar-refractivity contribution in [1.29, 1.82) is 0 Å². The lowest BCUT2D eigenvalue weighted by atomic mass is 10.7. The first-order chi connectivity index (χ1) is 3.81. The minimum atomic E-state index is 0.259. The van der Waals surface area contributed by atoms with E-state index < -0.39 is 0 Å². The summed E-state index contributed by atoms with van der Waals surface area (Å²) in [6.07, 6.45) is 0. The van der Waals surface area contributed by atoms with Crippen molar-refractivity contribution in [2.24, 2.45) is 15.3 Å². The fraction of sp³-hybridized carbons (Fsp3) is 0.667. The molecule has 0 saturated heterocycles. The Labute approximate surface area is 46.4 Å². The smallest absolute Gasteiger partial charge is 0.169 e. The van der Waals surface area contributed by atoms with Crippen molar-refractivity contribution in [2.75, 3.05) is 7.05 Å². The van der Waals surface area contributed by atoms with Crippen LogP contribution in [0.1, 0.15) is 6.92 Å². The number of rotatable bonds is 1. The van der Waals surface area contributed by atoms with E-state index in [0.717, 1.165) is 5.65 Å². The average Bonchev–Trinajstić information content (AvgIpc) is 1.68. The van der Waals surface area contributed by atoms with Gasteiger partial charge in [0, 0.05) is 7.05 Å². The van der Waals surface area contributed by atoms with Gasteiger partial charge in [0.1, 0.15) is 0 Å². The molecule has 5 heteroatoms. The molecule has 0 heterocycles. The highest BCUT2D eigenvalue weighted by molar-refractivity contribution is 5.79. The summed E-state index contributed by atoms with van der Waals surface area (Å²) in [5, 5.41) is 9.78. The lowest BCUT2D eigenvalue weighted by molar-refractivity contribution is 0.347. The number of hydrogen-bond donors (Lipinski definition) is 1. The molecule has 0 unspecified atom stereocenters. The molecule has 1 N–H and O–H groups in total. The lowest BCUT2D eigenvalue weighted by Crippen LogP contribution is -1.92. The van der Waals surface area contributed by atoms with Gasteiger partial charge in [-0.2, -0.15) is 5.11 Å². The molecule has 8 heavy (non-hydrogen) atoms. The summed E-state index contributed by atoms with van der Waals surface area (Å²) in [6, 6.07) is 0. The summed E-state index contributed by atoms with van der Waals surface area (Å²) in [4.78, 5) is 0. The number of hydrazone groups is 1. The highest BCUT2D eigenvalue weighted by atomic mass is 19.2. The molecule has 0 amide bonds. The van der Waals surface area contributed by atoms with E-state index in [2.05, 4.69) is 15.3 Å². The number of hydrogen-bond acceptors (Lipinski definition) is 3. The Morgan fingerprint density at radius 3 is 2.62 bits per heavy atom. The van der Waals surface area contributed by atoms with Crippen LogP contribution in [0.3, 0.4) is 0 Å². The molecule has 0 aromatic heterocycles. The number of amidine groups is 1. The molecule has 0 bridgehead atoms. The highest BCUT2D eigenvalue weighted by Gasteiger charge is 1.79. The molecular formula is C3H7FN4. The van der Waals surface area contributed by atoms with E-state index in [-0.39, 0.29) is 5.84 Å². The lowest BCUT2D eigenvalue weighted by Gasteiger charge is -1.82. The third kappa shape index (κ3) is 3.20. The molecule has 0 spiro atoms. The molecule has 0 aromatic carbocycles. The third-order valence-electron chi connectivity index (χ3n) is 0.449. The van der Waals surface area contributed by atoms with Crippen LogP contribution in [-0.2, 0) is 0 Å². The first-order valence-corrected chi connectivity index (χ1v) is 2.01. The van der Waals surface area contributed by atoms with Crippen molar-refractivity contribution in [2.45, 2.75) is 6.92 Å². The summed E-state index contributed by atoms with van der Waals surface area (Å²) in [7, 11) is 1.48. The molecule has 0 aliphatic heterocycles. The monoisotopic (exact) mass is 118 g/mol. The molecule has 0 aliphatic carbocycles. The van der Waals surface area contributed by atoms with E-state index >= 15 is 0 Å². The minimum Gasteiger partial charge on any atom is -0.191 e. The zero-order valence-corrected chi connectivity index (χ0v) is 4.72. The van der Waals surface area contributed by atoms with Crippen LogP contribution < -0.4 is 5.65 Å². The molecule has 0 radical (unpaired) electrons. The summed E-state index contributed by atoms with van der Waals surface area (Å²) >= 11 is 0. The van der Waals surface area contributed by atoms with Gasteiger partial charge in [-0.05, 0) is 6.92 Å². The summed E-state index contributed by atoms with van der Waals surface area (Å²) in [5.74, 6) is 0.259. The number of nitrogens with zero attached hydrogens (tertiary/aromatic N) is 3. The molecule has 0 saturated carbocycles. The Bertz CT molecular complexity index is 108. The van der Waals surface area contributed by atoms with E-state index in [4.69, 9.17) is 0 Å². The molecular weight excluding hydrogens is 111 g/mol. The average molecular weight is 118 g/mol. The molecule has 0 atom stereocenters. The first kappa shape index (κ1) is 7.00. The van der Waals surface area contributed by atoms with Crippen LogP contribution in [0.25, 0.3) is 0 Å². The molecule has 4 nitrogen and oxygen atoms in total. The SMILES string of the molecule is CN=NC(C)=NNF. The van der Waals surface area contributed by atoms with Crippen LogP contribution in [-0.4, -0.2) is 12.9 Å². The van der Waals surface area contributed by atoms with Gasteiger partial charge in [-0.3, -0.25) is 0 Å². The first-order valence-electron chi connectivity index (χ1n) is 2.01. The molecule has 46 valence electrons. The maximum absolute atomic E-state index is 11.0. The third-order valence-corrected chi connectivity index (χ3v) is 0.449. The Kier molecular flexibility index (Phi) is 3.65. The zero-order valence-electron chi connectivity index (χ0n) is 4.72. The van der Waals surface area contributed by atoms with E-state index in [1.165, 1.54) is 14.0 Å². The highest BCUT2D eigenvalue weighted by Crippen LogP contribution is 1.76. The topological polar surface area (TPSA) is 49.1 Å². The van der Waals surface area contributed by atoms with Crippen molar-refractivity contribution < 1.29 is 4.48 Å². The predicted octanol–water partition coefficient (Wildman–Crippen LogP) is 0.876. The predicted molar refractivity (Wildman–Crippen MR) is 28.1 cm³/mol. The van der Waals surface area contributed by atoms with Crippen molar-refractivity contribution in [3.63, 3.8) is 0 Å². The zero-order chi connectivity index (χ0) is 6.41. The second-order valence-electron chi connectivity index (χ2n) is 1.04. The van der Waals surface area contributed by atoms with Crippen LogP contribution in [0.2, 0.25) is 0 Å². The van der Waals surface area contributed by atoms with Crippen molar-refractivity contribution in [1.82, 2.24) is 5.65 Å². The minimum absolute atomic E-state index is 0.259. The van der Waals surface area contributed by atoms with Gasteiger partial charge >= 0.3 is 0 Å². The fourth-order valence-electron chi connectivity index (χ4n) is 0.228. The number of halogens is 1. The second kappa shape index (κ2) is 4.17. The van der Waals surface area contributed by atoms with Gasteiger partial charge < -0.3 is 0 Å². The van der Waals surface area contributed by atoms with Crippen LogP contribution >= 0.6 is 0 Å². The Balaban J connectivity index is 3.61. The molecule has 0 rings (SSSR count). The van der Waals surface area contributed by atoms with Gasteiger partial charge in [-0.1, -0.05) is 4.48 Å². The van der Waals surface area contributed by atoms with Gasteiger partial charge in [-0.15, -0.1) is 15.9 Å². The van der Waals surface area contributed by atoms with Crippen LogP contribution in [0.4, 0.5) is 4.48 Å². The Hall–Kier alpha value is -1.00. The summed E-state index contributed by atoms with van der Waals surface area (Å²) in [6.45, 7) is 1.53. The van der Waals surface area contributed by atoms with Crippen LogP contribution in [0.15, 0.2) is 15.3 Å². The Morgan fingerprint density at radius 2 is 2.25 bits per heavy atom. The van der Waals surface area contributed by atoms with E-state index in [1.807, 2.05) is 0 Å². The van der Waals surface area contributed by atoms with E-state index in [9.17, 15) is 4.48 Å². The Morgan fingerprint density at radius 1 is 1.62 bits per heavy atom. The van der Waals surface area contributed by atoms with Crippen molar-refractivity contribution in [3.8, 4) is 0 Å².